The van der Waals surface area contributed by atoms with E-state index in [0.717, 1.165) is 0 Å². The monoisotopic (exact) mass is 286 g/mol. The van der Waals surface area contributed by atoms with E-state index in [-0.39, 0.29) is 24.0 Å². The summed E-state index contributed by atoms with van der Waals surface area (Å²) in [4.78, 5) is 26.2. The van der Waals surface area contributed by atoms with E-state index in [9.17, 15) is 9.59 Å². The van der Waals surface area contributed by atoms with Gasteiger partial charge in [0.05, 0.1) is 0 Å². The van der Waals surface area contributed by atoms with Crippen molar-refractivity contribution in [2.45, 2.75) is 25.9 Å². The average molecular weight is 287 g/mol. The highest BCUT2D eigenvalue weighted by atomic mass is 35.5. The maximum absolute atomic E-state index is 11.8. The van der Waals surface area contributed by atoms with Crippen molar-refractivity contribution in [2.24, 2.45) is 0 Å². The van der Waals surface area contributed by atoms with Crippen LogP contribution in [0.2, 0.25) is 5.15 Å². The van der Waals surface area contributed by atoms with E-state index in [1.807, 2.05) is 6.92 Å². The Labute approximate surface area is 115 Å². The molecule has 1 aromatic rings. The van der Waals surface area contributed by atoms with Gasteiger partial charge in [-0.1, -0.05) is 18.5 Å². The molecule has 19 heavy (non-hydrogen) atoms. The van der Waals surface area contributed by atoms with Crippen LogP contribution in [0.25, 0.3) is 0 Å². The number of carboxylic acid groups (broad SMARTS) is 1. The number of carbonyl (C=O) groups is 2. The third kappa shape index (κ3) is 4.84. The first kappa shape index (κ1) is 15.4. The molecular weight excluding hydrogens is 272 g/mol. The summed E-state index contributed by atoms with van der Waals surface area (Å²) in [6.45, 7) is 1.96. The third-order valence-electron chi connectivity index (χ3n) is 2.46. The normalized spacial score (nSPS) is 11.9. The maximum Gasteiger partial charge on any atom is 0.332 e. The van der Waals surface area contributed by atoms with Crippen molar-refractivity contribution in [3.8, 4) is 0 Å². The zero-order valence-electron chi connectivity index (χ0n) is 10.4. The van der Waals surface area contributed by atoms with E-state index in [0.29, 0.717) is 17.7 Å². The lowest BCUT2D eigenvalue weighted by molar-refractivity contribution is -0.146. The fourth-order valence-corrected chi connectivity index (χ4v) is 1.64. The van der Waals surface area contributed by atoms with Crippen molar-refractivity contribution in [3.05, 3.63) is 28.5 Å². The Morgan fingerprint density at radius 2 is 2.16 bits per heavy atom. The lowest BCUT2D eigenvalue weighted by Crippen LogP contribution is -2.30. The molecule has 6 nitrogen and oxygen atoms in total. The van der Waals surface area contributed by atoms with Crippen molar-refractivity contribution in [1.82, 2.24) is 10.3 Å². The third-order valence-corrected chi connectivity index (χ3v) is 2.65. The van der Waals surface area contributed by atoms with Crippen LogP contribution in [0.3, 0.4) is 0 Å². The fraction of sp³-hybridized carbons (Fsp3) is 0.417. The van der Waals surface area contributed by atoms with Crippen LogP contribution in [-0.2, 0) is 11.2 Å². The van der Waals surface area contributed by atoms with Crippen LogP contribution in [-0.4, -0.2) is 39.7 Å². The van der Waals surface area contributed by atoms with Crippen LogP contribution in [0.1, 0.15) is 29.4 Å². The smallest absolute Gasteiger partial charge is 0.332 e. The number of aromatic nitrogens is 1. The predicted octanol–water partition coefficient (Wildman–Crippen LogP) is 0.863. The molecule has 0 aromatic carbocycles. The summed E-state index contributed by atoms with van der Waals surface area (Å²) in [5, 5.41) is 20.3. The number of carboxylic acids is 1. The molecule has 0 fully saturated rings. The number of carbonyl (C=O) groups excluding carboxylic acids is 1. The molecule has 1 rings (SSSR count). The molecule has 0 aliphatic heterocycles. The highest BCUT2D eigenvalue weighted by Gasteiger charge is 2.14. The summed E-state index contributed by atoms with van der Waals surface area (Å²) in [6, 6.07) is 3.05. The first-order valence-electron chi connectivity index (χ1n) is 5.79. The van der Waals surface area contributed by atoms with Gasteiger partial charge in [0, 0.05) is 24.2 Å². The van der Waals surface area contributed by atoms with Crippen LogP contribution in [0.15, 0.2) is 12.1 Å². The van der Waals surface area contributed by atoms with E-state index < -0.39 is 12.1 Å². The van der Waals surface area contributed by atoms with E-state index in [2.05, 4.69) is 10.3 Å². The Bertz CT molecular complexity index is 479. The molecule has 1 heterocycles. The van der Waals surface area contributed by atoms with Gasteiger partial charge in [0.25, 0.3) is 5.91 Å². The molecule has 1 atom stereocenters. The van der Waals surface area contributed by atoms with Gasteiger partial charge >= 0.3 is 5.97 Å². The number of aliphatic hydroxyl groups is 1. The van der Waals surface area contributed by atoms with Gasteiger partial charge in [0.1, 0.15) is 5.15 Å². The maximum atomic E-state index is 11.8. The van der Waals surface area contributed by atoms with E-state index in [4.69, 9.17) is 21.8 Å². The number of amides is 1. The minimum atomic E-state index is -1.48. The van der Waals surface area contributed by atoms with Crippen molar-refractivity contribution in [1.29, 1.82) is 0 Å². The number of pyridine rings is 1. The van der Waals surface area contributed by atoms with Gasteiger partial charge in [-0.15, -0.1) is 0 Å². The number of nitrogens with one attached hydrogen (secondary N) is 1. The SMILES string of the molecule is CCc1cc(C(=O)NCC[C@H](O)C(=O)O)cc(Cl)n1. The average Bonchev–Trinajstić information content (AvgIpc) is 2.37. The number of aryl methyl sites for hydroxylation is 1. The molecule has 0 saturated carbocycles. The Balaban J connectivity index is 2.58. The molecule has 0 aliphatic carbocycles. The number of halogens is 1. The van der Waals surface area contributed by atoms with Crippen LogP contribution in [0.4, 0.5) is 0 Å². The van der Waals surface area contributed by atoms with Gasteiger partial charge < -0.3 is 15.5 Å². The second kappa shape index (κ2) is 7.06. The zero-order valence-corrected chi connectivity index (χ0v) is 11.1. The largest absolute Gasteiger partial charge is 0.479 e. The number of rotatable bonds is 6. The van der Waals surface area contributed by atoms with Gasteiger partial charge in [0.15, 0.2) is 6.10 Å². The molecule has 1 aromatic heterocycles. The molecule has 0 unspecified atom stereocenters. The molecule has 0 saturated heterocycles. The number of hydrogen-bond donors (Lipinski definition) is 3. The topological polar surface area (TPSA) is 99.5 Å². The van der Waals surface area contributed by atoms with Gasteiger partial charge in [-0.2, -0.15) is 0 Å². The van der Waals surface area contributed by atoms with Crippen molar-refractivity contribution in [3.63, 3.8) is 0 Å². The van der Waals surface area contributed by atoms with Gasteiger partial charge in [-0.3, -0.25) is 4.79 Å². The van der Waals surface area contributed by atoms with E-state index in [1.165, 1.54) is 6.07 Å². The highest BCUT2D eigenvalue weighted by molar-refractivity contribution is 6.29. The van der Waals surface area contributed by atoms with Crippen molar-refractivity contribution >= 4 is 23.5 Å². The minimum Gasteiger partial charge on any atom is -0.479 e. The molecule has 1 amide bonds. The van der Waals surface area contributed by atoms with Gasteiger partial charge in [-0.25, -0.2) is 9.78 Å². The lowest BCUT2D eigenvalue weighted by atomic mass is 10.2. The van der Waals surface area contributed by atoms with Crippen molar-refractivity contribution in [2.75, 3.05) is 6.54 Å². The summed E-state index contributed by atoms with van der Waals surface area (Å²) in [6.07, 6.45) is -0.883. The molecule has 0 aliphatic rings. The Morgan fingerprint density at radius 3 is 2.74 bits per heavy atom. The molecule has 0 bridgehead atoms. The zero-order chi connectivity index (χ0) is 14.4. The molecule has 104 valence electrons. The fourth-order valence-electron chi connectivity index (χ4n) is 1.41. The summed E-state index contributed by atoms with van der Waals surface area (Å²) in [7, 11) is 0. The van der Waals surface area contributed by atoms with Crippen LogP contribution in [0.5, 0.6) is 0 Å². The number of aliphatic carboxylic acids is 1. The van der Waals surface area contributed by atoms with Crippen LogP contribution in [0, 0.1) is 0 Å². The molecule has 0 radical (unpaired) electrons. The second-order valence-corrected chi connectivity index (χ2v) is 4.31. The number of nitrogens with zero attached hydrogens (tertiary/aromatic N) is 1. The predicted molar refractivity (Wildman–Crippen MR) is 69.2 cm³/mol. The number of hydrogen-bond acceptors (Lipinski definition) is 4. The van der Waals surface area contributed by atoms with E-state index in [1.54, 1.807) is 6.07 Å². The summed E-state index contributed by atoms with van der Waals surface area (Å²) in [5.41, 5.74) is 1.06. The minimum absolute atomic E-state index is 0.0550. The van der Waals surface area contributed by atoms with Crippen LogP contribution < -0.4 is 5.32 Å². The summed E-state index contributed by atoms with van der Waals surface area (Å²) in [5.74, 6) is -1.69. The molecule has 3 N–H and O–H groups in total. The highest BCUT2D eigenvalue weighted by Crippen LogP contribution is 2.11. The Hall–Kier alpha value is -1.66. The van der Waals surface area contributed by atoms with Crippen LogP contribution >= 0.6 is 11.6 Å². The molecular formula is C12H15ClN2O4. The Morgan fingerprint density at radius 1 is 1.47 bits per heavy atom. The summed E-state index contributed by atoms with van der Waals surface area (Å²) >= 11 is 5.79. The molecule has 7 heteroatoms. The molecule has 0 spiro atoms. The summed E-state index contributed by atoms with van der Waals surface area (Å²) < 4.78 is 0. The van der Waals surface area contributed by atoms with Gasteiger partial charge in [0.2, 0.25) is 0 Å². The van der Waals surface area contributed by atoms with Crippen molar-refractivity contribution < 1.29 is 19.8 Å². The number of aliphatic hydroxyl groups excluding tert-OH is 1. The standard InChI is InChI=1S/C12H15ClN2O4/c1-2-8-5-7(6-10(13)15-8)11(17)14-4-3-9(16)12(18)19/h5-6,9,16H,2-4H2,1H3,(H,14,17)(H,18,19)/t9-/m0/s1. The first-order chi connectivity index (χ1) is 8.93. The van der Waals surface area contributed by atoms with E-state index >= 15 is 0 Å². The lowest BCUT2D eigenvalue weighted by Gasteiger charge is -2.08. The second-order valence-electron chi connectivity index (χ2n) is 3.92. The Kier molecular flexibility index (Phi) is 5.72. The first-order valence-corrected chi connectivity index (χ1v) is 6.17. The van der Waals surface area contributed by atoms with Gasteiger partial charge in [-0.05, 0) is 18.6 Å². The quantitative estimate of drug-likeness (QED) is 0.674.